The van der Waals surface area contributed by atoms with Gasteiger partial charge in [0.25, 0.3) is 0 Å². The van der Waals surface area contributed by atoms with Gasteiger partial charge in [0.1, 0.15) is 0 Å². The molecule has 108 valence electrons. The summed E-state index contributed by atoms with van der Waals surface area (Å²) < 4.78 is 4.83. The number of nitrogens with zero attached hydrogens (tertiary/aromatic N) is 1. The molecule has 0 aliphatic rings. The average molecular weight is 260 g/mol. The molecule has 0 aliphatic heterocycles. The number of methoxy groups -OCH3 is 1. The molecule has 0 aromatic rings. The fourth-order valence-corrected chi connectivity index (χ4v) is 2.00. The molecule has 3 N–H and O–H groups in total. The van der Waals surface area contributed by atoms with Gasteiger partial charge in [-0.1, -0.05) is 13.8 Å². The largest absolute Gasteiger partial charge is 0.389 e. The first-order chi connectivity index (χ1) is 8.40. The summed E-state index contributed by atoms with van der Waals surface area (Å²) in [5.41, 5.74) is 5.68. The fourth-order valence-electron chi connectivity index (χ4n) is 2.00. The maximum absolute atomic E-state index is 12.0. The van der Waals surface area contributed by atoms with Gasteiger partial charge < -0.3 is 20.5 Å². The predicted octanol–water partition coefficient (Wildman–Crippen LogP) is 0.463. The summed E-state index contributed by atoms with van der Waals surface area (Å²) in [6, 6.07) is 0. The van der Waals surface area contributed by atoms with Crippen LogP contribution in [0.5, 0.6) is 0 Å². The molecule has 0 radical (unpaired) electrons. The summed E-state index contributed by atoms with van der Waals surface area (Å²) in [7, 11) is 3.22. The molecule has 0 aliphatic carbocycles. The SMILES string of the molecule is COCC(O)CN(C)C(=O)C[C@@H](CN)CC(C)C. The van der Waals surface area contributed by atoms with E-state index in [0.29, 0.717) is 25.4 Å². The van der Waals surface area contributed by atoms with E-state index in [1.807, 2.05) is 0 Å². The maximum Gasteiger partial charge on any atom is 0.222 e. The number of likely N-dealkylation sites (N-methyl/N-ethyl adjacent to an activating group) is 1. The lowest BCUT2D eigenvalue weighted by molar-refractivity contribution is -0.132. The Labute approximate surface area is 110 Å². The van der Waals surface area contributed by atoms with Crippen molar-refractivity contribution in [3.05, 3.63) is 0 Å². The van der Waals surface area contributed by atoms with Gasteiger partial charge in [-0.15, -0.1) is 0 Å². The fraction of sp³-hybridized carbons (Fsp3) is 0.923. The van der Waals surface area contributed by atoms with E-state index in [9.17, 15) is 9.90 Å². The van der Waals surface area contributed by atoms with Gasteiger partial charge in [0.05, 0.1) is 12.7 Å². The molecule has 0 fully saturated rings. The molecule has 18 heavy (non-hydrogen) atoms. The number of ether oxygens (including phenoxy) is 1. The zero-order valence-electron chi connectivity index (χ0n) is 12.1. The van der Waals surface area contributed by atoms with E-state index < -0.39 is 6.10 Å². The molecule has 0 aromatic heterocycles. The Bertz CT molecular complexity index is 234. The van der Waals surface area contributed by atoms with Crippen LogP contribution in [0.2, 0.25) is 0 Å². The van der Waals surface area contributed by atoms with E-state index in [2.05, 4.69) is 13.8 Å². The Balaban J connectivity index is 4.12. The number of nitrogens with two attached hydrogens (primary N) is 1. The third-order valence-electron chi connectivity index (χ3n) is 2.87. The summed E-state index contributed by atoms with van der Waals surface area (Å²) in [6.45, 7) is 5.31. The van der Waals surface area contributed by atoms with Crippen LogP contribution in [0.3, 0.4) is 0 Å². The minimum absolute atomic E-state index is 0.0289. The number of aliphatic hydroxyl groups excluding tert-OH is 1. The number of carbonyl (C=O) groups excluding carboxylic acids is 1. The molecule has 0 aromatic carbocycles. The molecule has 0 heterocycles. The molecule has 0 spiro atoms. The Morgan fingerprint density at radius 2 is 2.06 bits per heavy atom. The van der Waals surface area contributed by atoms with Crippen LogP contribution in [0.15, 0.2) is 0 Å². The van der Waals surface area contributed by atoms with Gasteiger partial charge in [-0.25, -0.2) is 0 Å². The van der Waals surface area contributed by atoms with Crippen molar-refractivity contribution in [2.45, 2.75) is 32.8 Å². The number of hydrogen-bond acceptors (Lipinski definition) is 4. The van der Waals surface area contributed by atoms with Crippen LogP contribution in [0.4, 0.5) is 0 Å². The highest BCUT2D eigenvalue weighted by Crippen LogP contribution is 2.15. The average Bonchev–Trinajstić information content (AvgIpc) is 2.27. The minimum Gasteiger partial charge on any atom is -0.389 e. The first kappa shape index (κ1) is 17.4. The molecule has 5 nitrogen and oxygen atoms in total. The van der Waals surface area contributed by atoms with Gasteiger partial charge >= 0.3 is 0 Å². The normalized spacial score (nSPS) is 14.6. The molecule has 2 atom stereocenters. The van der Waals surface area contributed by atoms with Crippen LogP contribution in [-0.4, -0.2) is 55.9 Å². The zero-order chi connectivity index (χ0) is 14.1. The van der Waals surface area contributed by atoms with E-state index in [1.54, 1.807) is 11.9 Å². The first-order valence-corrected chi connectivity index (χ1v) is 6.51. The minimum atomic E-state index is -0.634. The zero-order valence-corrected chi connectivity index (χ0v) is 12.1. The second kappa shape index (κ2) is 9.30. The number of aliphatic hydroxyl groups is 1. The van der Waals surface area contributed by atoms with Crippen LogP contribution in [-0.2, 0) is 9.53 Å². The van der Waals surface area contributed by atoms with Crippen molar-refractivity contribution < 1.29 is 14.6 Å². The Morgan fingerprint density at radius 3 is 2.50 bits per heavy atom. The van der Waals surface area contributed by atoms with E-state index >= 15 is 0 Å². The summed E-state index contributed by atoms with van der Waals surface area (Å²) in [6.07, 6.45) is 0.770. The second-order valence-electron chi connectivity index (χ2n) is 5.32. The molecule has 0 saturated heterocycles. The highest BCUT2D eigenvalue weighted by Gasteiger charge is 2.18. The summed E-state index contributed by atoms with van der Waals surface area (Å²) in [5.74, 6) is 0.788. The standard InChI is InChI=1S/C13H28N2O3/c1-10(2)5-11(7-14)6-13(17)15(3)8-12(16)9-18-4/h10-12,16H,5-9,14H2,1-4H3/t11-,12?/m0/s1. The van der Waals surface area contributed by atoms with Crippen molar-refractivity contribution in [2.24, 2.45) is 17.6 Å². The van der Waals surface area contributed by atoms with E-state index in [-0.39, 0.29) is 18.4 Å². The van der Waals surface area contributed by atoms with Crippen molar-refractivity contribution in [1.82, 2.24) is 4.90 Å². The molecule has 0 rings (SSSR count). The van der Waals surface area contributed by atoms with Gasteiger partial charge in [-0.3, -0.25) is 4.79 Å². The van der Waals surface area contributed by atoms with Crippen LogP contribution >= 0.6 is 0 Å². The Kier molecular flexibility index (Phi) is 8.97. The highest BCUT2D eigenvalue weighted by molar-refractivity contribution is 5.76. The molecule has 1 unspecified atom stereocenters. The predicted molar refractivity (Wildman–Crippen MR) is 72.1 cm³/mol. The van der Waals surface area contributed by atoms with Crippen LogP contribution in [0.1, 0.15) is 26.7 Å². The van der Waals surface area contributed by atoms with Crippen LogP contribution in [0.25, 0.3) is 0 Å². The van der Waals surface area contributed by atoms with Crippen molar-refractivity contribution in [2.75, 3.05) is 33.9 Å². The number of rotatable bonds is 9. The third-order valence-corrected chi connectivity index (χ3v) is 2.87. The van der Waals surface area contributed by atoms with Crippen LogP contribution < -0.4 is 5.73 Å². The number of hydrogen-bond donors (Lipinski definition) is 2. The van der Waals surface area contributed by atoms with Gasteiger partial charge in [0.15, 0.2) is 0 Å². The molecule has 0 bridgehead atoms. The summed E-state index contributed by atoms with van der Waals surface area (Å²) >= 11 is 0. The highest BCUT2D eigenvalue weighted by atomic mass is 16.5. The Hall–Kier alpha value is -0.650. The summed E-state index contributed by atoms with van der Waals surface area (Å²) in [5, 5.41) is 9.56. The molecular weight excluding hydrogens is 232 g/mol. The van der Waals surface area contributed by atoms with E-state index in [0.717, 1.165) is 6.42 Å². The van der Waals surface area contributed by atoms with Gasteiger partial charge in [0.2, 0.25) is 5.91 Å². The second-order valence-corrected chi connectivity index (χ2v) is 5.32. The van der Waals surface area contributed by atoms with Crippen molar-refractivity contribution >= 4 is 5.91 Å². The number of amides is 1. The lowest BCUT2D eigenvalue weighted by Gasteiger charge is -2.23. The third kappa shape index (κ3) is 7.63. The van der Waals surface area contributed by atoms with Crippen molar-refractivity contribution in [3.63, 3.8) is 0 Å². The van der Waals surface area contributed by atoms with Gasteiger partial charge in [-0.05, 0) is 24.8 Å². The lowest BCUT2D eigenvalue weighted by atomic mass is 9.94. The van der Waals surface area contributed by atoms with Crippen molar-refractivity contribution in [3.8, 4) is 0 Å². The van der Waals surface area contributed by atoms with Gasteiger partial charge in [0, 0.05) is 27.1 Å². The lowest BCUT2D eigenvalue weighted by Crippen LogP contribution is -2.37. The molecule has 1 amide bonds. The molecular formula is C13H28N2O3. The smallest absolute Gasteiger partial charge is 0.222 e. The molecule has 0 saturated carbocycles. The van der Waals surface area contributed by atoms with Crippen molar-refractivity contribution in [1.29, 1.82) is 0 Å². The monoisotopic (exact) mass is 260 g/mol. The Morgan fingerprint density at radius 1 is 1.44 bits per heavy atom. The quantitative estimate of drug-likeness (QED) is 0.631. The topological polar surface area (TPSA) is 75.8 Å². The number of carbonyl (C=O) groups is 1. The first-order valence-electron chi connectivity index (χ1n) is 6.51. The maximum atomic E-state index is 12.0. The van der Waals surface area contributed by atoms with E-state index in [1.165, 1.54) is 7.11 Å². The molecule has 5 heteroatoms. The van der Waals surface area contributed by atoms with E-state index in [4.69, 9.17) is 10.5 Å². The van der Waals surface area contributed by atoms with Crippen LogP contribution in [0, 0.1) is 11.8 Å². The summed E-state index contributed by atoms with van der Waals surface area (Å²) in [4.78, 5) is 13.5. The van der Waals surface area contributed by atoms with Gasteiger partial charge in [-0.2, -0.15) is 0 Å².